The Hall–Kier alpha value is -2.37. The quantitative estimate of drug-likeness (QED) is 0.583. The Morgan fingerprint density at radius 3 is 2.32 bits per heavy atom. The molecule has 2 amide bonds. The van der Waals surface area contributed by atoms with Gasteiger partial charge in [-0.2, -0.15) is 0 Å². The number of nitrogens with one attached hydrogen (secondary N) is 2. The van der Waals surface area contributed by atoms with Crippen LogP contribution in [0.3, 0.4) is 0 Å². The Balaban J connectivity index is 3.20. The molecule has 0 spiro atoms. The van der Waals surface area contributed by atoms with Crippen LogP contribution < -0.4 is 15.4 Å². The fourth-order valence-electron chi connectivity index (χ4n) is 2.49. The number of carbonyl (C=O) groups is 1. The molecule has 1 aromatic rings. The van der Waals surface area contributed by atoms with Crippen molar-refractivity contribution in [3.63, 3.8) is 0 Å². The molecule has 1 heterocycles. The molecular weight excluding hydrogens is 320 g/mol. The third-order valence-electron chi connectivity index (χ3n) is 3.67. The van der Waals surface area contributed by atoms with Crippen molar-refractivity contribution in [2.24, 2.45) is 0 Å². The van der Waals surface area contributed by atoms with Gasteiger partial charge in [0.05, 0.1) is 0 Å². The third kappa shape index (κ3) is 5.59. The Morgan fingerprint density at radius 1 is 1.28 bits per heavy atom. The highest BCUT2D eigenvalue weighted by atomic mass is 16.5. The van der Waals surface area contributed by atoms with E-state index in [9.17, 15) is 4.79 Å². The van der Waals surface area contributed by atoms with Crippen molar-refractivity contribution in [2.45, 2.75) is 32.2 Å². The van der Waals surface area contributed by atoms with Gasteiger partial charge in [-0.25, -0.2) is 16.4 Å². The zero-order valence-corrected chi connectivity index (χ0v) is 16.0. The fraction of sp³-hybridized carbons (Fsp3) is 0.588. The van der Waals surface area contributed by atoms with Crippen LogP contribution in [0.5, 0.6) is 5.75 Å². The molecule has 0 fully saturated rings. The number of anilines is 1. The lowest BCUT2D eigenvalue weighted by Gasteiger charge is -2.30. The third-order valence-corrected chi connectivity index (χ3v) is 3.67. The molecule has 0 saturated carbocycles. The number of rotatable bonds is 7. The maximum absolute atomic E-state index is 11.5. The number of aromatic nitrogens is 1. The average Bonchev–Trinajstić information content (AvgIpc) is 2.53. The van der Waals surface area contributed by atoms with Crippen LogP contribution in [0.15, 0.2) is 12.3 Å². The number of ether oxygens (including phenoxy) is 1. The van der Waals surface area contributed by atoms with Gasteiger partial charge in [0.2, 0.25) is 0 Å². The minimum absolute atomic E-state index is 0.167. The van der Waals surface area contributed by atoms with Crippen molar-refractivity contribution in [1.29, 1.82) is 0 Å². The average molecular weight is 348 g/mol. The number of hydrogen-bond donors (Lipinski definition) is 2. The Labute approximate surface area is 150 Å². The van der Waals surface area contributed by atoms with Crippen molar-refractivity contribution in [3.05, 3.63) is 29.2 Å². The summed E-state index contributed by atoms with van der Waals surface area (Å²) in [6.45, 7) is 11.6. The Morgan fingerprint density at radius 2 is 1.88 bits per heavy atom. The van der Waals surface area contributed by atoms with Gasteiger partial charge in [-0.15, -0.1) is 0 Å². The molecule has 0 aliphatic carbocycles. The van der Waals surface area contributed by atoms with Gasteiger partial charge in [-0.05, 0) is 34.1 Å². The predicted molar refractivity (Wildman–Crippen MR) is 98.6 cm³/mol. The van der Waals surface area contributed by atoms with Gasteiger partial charge in [-0.1, -0.05) is 13.8 Å². The molecule has 0 aromatic carbocycles. The minimum Gasteiger partial charge on any atom is -0.421 e. The molecule has 8 heteroatoms. The molecular formula is C17H28N6O2. The molecule has 25 heavy (non-hydrogen) atoms. The largest absolute Gasteiger partial charge is 0.421 e. The van der Waals surface area contributed by atoms with Crippen molar-refractivity contribution >= 4 is 11.8 Å². The standard InChI is InChI=1S/C17H28N6O2/c1-11(2)12-10-20-14(21-17(24)19-4)9-13(12)25-15(18-3)16(22(5)6)23(7)8/h9-11,15-16H,1-2,4-8H3,(H2,19,20,21,24). The van der Waals surface area contributed by atoms with Gasteiger partial charge in [0.15, 0.2) is 6.17 Å². The van der Waals surface area contributed by atoms with Gasteiger partial charge in [0.25, 0.3) is 0 Å². The second-order valence-corrected chi connectivity index (χ2v) is 6.44. The number of pyridine rings is 1. The topological polar surface area (TPSA) is 74.1 Å². The van der Waals surface area contributed by atoms with E-state index >= 15 is 0 Å². The van der Waals surface area contributed by atoms with Gasteiger partial charge in [0, 0.05) is 24.9 Å². The first-order chi connectivity index (χ1) is 11.7. The van der Waals surface area contributed by atoms with Crippen LogP contribution in [-0.4, -0.2) is 68.4 Å². The molecule has 0 aliphatic rings. The molecule has 8 nitrogen and oxygen atoms in total. The number of amides is 2. The maximum atomic E-state index is 11.5. The number of nitrogens with zero attached hydrogens (tertiary/aromatic N) is 4. The molecule has 0 radical (unpaired) electrons. The summed E-state index contributed by atoms with van der Waals surface area (Å²) in [5, 5.41) is 5.10. The van der Waals surface area contributed by atoms with E-state index in [4.69, 9.17) is 11.3 Å². The smallest absolute Gasteiger partial charge is 0.395 e. The lowest BCUT2D eigenvalue weighted by Crippen LogP contribution is -2.50. The zero-order chi connectivity index (χ0) is 19.1. The summed E-state index contributed by atoms with van der Waals surface area (Å²) in [5.41, 5.74) is 0.882. The number of hydrogen-bond acceptors (Lipinski definition) is 5. The van der Waals surface area contributed by atoms with Gasteiger partial charge >= 0.3 is 12.3 Å². The lowest BCUT2D eigenvalue weighted by atomic mass is 10.0. The summed E-state index contributed by atoms with van der Waals surface area (Å²) in [5.74, 6) is 1.08. The van der Waals surface area contributed by atoms with Crippen LogP contribution >= 0.6 is 0 Å². The van der Waals surface area contributed by atoms with Crippen LogP contribution in [0.2, 0.25) is 0 Å². The summed E-state index contributed by atoms with van der Waals surface area (Å²) >= 11 is 0. The normalized spacial score (nSPS) is 12.4. The van der Waals surface area contributed by atoms with Crippen molar-refractivity contribution < 1.29 is 9.53 Å². The van der Waals surface area contributed by atoms with Crippen molar-refractivity contribution in [2.75, 3.05) is 40.6 Å². The monoisotopic (exact) mass is 348 g/mol. The first-order valence-electron chi connectivity index (χ1n) is 8.06. The van der Waals surface area contributed by atoms with Gasteiger partial charge in [-0.3, -0.25) is 20.0 Å². The molecule has 1 atom stereocenters. The predicted octanol–water partition coefficient (Wildman–Crippen LogP) is 2.03. The summed E-state index contributed by atoms with van der Waals surface area (Å²) in [6.07, 6.45) is 0.728. The highest BCUT2D eigenvalue weighted by molar-refractivity contribution is 5.88. The Bertz CT molecular complexity index is 616. The van der Waals surface area contributed by atoms with Gasteiger partial charge < -0.3 is 10.1 Å². The van der Waals surface area contributed by atoms with Gasteiger partial charge in [0.1, 0.15) is 11.6 Å². The zero-order valence-electron chi connectivity index (χ0n) is 16.0. The molecule has 0 bridgehead atoms. The summed E-state index contributed by atoms with van der Waals surface area (Å²) in [4.78, 5) is 23.3. The van der Waals surface area contributed by atoms with E-state index in [1.807, 2.05) is 51.8 Å². The lowest BCUT2D eigenvalue weighted by molar-refractivity contribution is 0.0353. The van der Waals surface area contributed by atoms with E-state index in [1.165, 1.54) is 7.05 Å². The summed E-state index contributed by atoms with van der Waals surface area (Å²) in [7, 11) is 9.14. The molecule has 138 valence electrons. The van der Waals surface area contributed by atoms with Crippen molar-refractivity contribution in [3.8, 4) is 5.75 Å². The van der Waals surface area contributed by atoms with Crippen LogP contribution in [0.1, 0.15) is 25.3 Å². The SMILES string of the molecule is [C-]#[N+]C(Oc1cc(NC(=O)NC)ncc1C(C)C)C(N(C)C)N(C)C. The van der Waals surface area contributed by atoms with E-state index in [0.29, 0.717) is 11.6 Å². The molecule has 0 aliphatic heterocycles. The van der Waals surface area contributed by atoms with Crippen LogP contribution in [-0.2, 0) is 0 Å². The maximum Gasteiger partial charge on any atom is 0.395 e. The van der Waals surface area contributed by atoms with Crippen LogP contribution in [0.25, 0.3) is 4.85 Å². The fourth-order valence-corrected chi connectivity index (χ4v) is 2.49. The summed E-state index contributed by atoms with van der Waals surface area (Å²) in [6, 6.07) is 1.29. The second-order valence-electron chi connectivity index (χ2n) is 6.44. The molecule has 0 saturated heterocycles. The minimum atomic E-state index is -0.724. The van der Waals surface area contributed by atoms with Crippen LogP contribution in [0, 0.1) is 6.57 Å². The first kappa shape index (κ1) is 20.7. The van der Waals surface area contributed by atoms with E-state index in [-0.39, 0.29) is 18.1 Å². The van der Waals surface area contributed by atoms with E-state index in [0.717, 1.165) is 5.56 Å². The number of urea groups is 1. The molecule has 1 rings (SSSR count). The van der Waals surface area contributed by atoms with E-state index in [2.05, 4.69) is 20.5 Å². The Kier molecular flexibility index (Phi) is 7.61. The van der Waals surface area contributed by atoms with Crippen LogP contribution in [0.4, 0.5) is 10.6 Å². The summed E-state index contributed by atoms with van der Waals surface area (Å²) < 4.78 is 6.05. The van der Waals surface area contributed by atoms with Crippen molar-refractivity contribution in [1.82, 2.24) is 20.1 Å². The second kappa shape index (κ2) is 9.20. The number of likely N-dealkylation sites (N-methyl/N-ethyl adjacent to an activating group) is 2. The molecule has 2 N–H and O–H groups in total. The van der Waals surface area contributed by atoms with E-state index < -0.39 is 6.23 Å². The molecule has 1 aromatic heterocycles. The van der Waals surface area contributed by atoms with E-state index in [1.54, 1.807) is 12.3 Å². The highest BCUT2D eigenvalue weighted by Crippen LogP contribution is 2.30. The highest BCUT2D eigenvalue weighted by Gasteiger charge is 2.33. The first-order valence-corrected chi connectivity index (χ1v) is 8.06. The molecule has 1 unspecified atom stereocenters. The number of carbonyl (C=O) groups excluding carboxylic acids is 1.